The molecular formula is C15H19N3O. The molecule has 4 nitrogen and oxygen atoms in total. The lowest BCUT2D eigenvalue weighted by Gasteiger charge is -2.08. The third kappa shape index (κ3) is 3.28. The van der Waals surface area contributed by atoms with E-state index in [1.807, 2.05) is 36.0 Å². The number of Topliss-reactive ketones (excluding diaryl/α,β-unsaturated/α-hetero) is 1. The molecule has 1 unspecified atom stereocenters. The minimum atomic E-state index is 0.0121. The van der Waals surface area contributed by atoms with Gasteiger partial charge in [0.05, 0.1) is 12.1 Å². The molecule has 100 valence electrons. The molecule has 2 aromatic rings. The lowest BCUT2D eigenvalue weighted by Crippen LogP contribution is -2.09. The Labute approximate surface area is 113 Å². The summed E-state index contributed by atoms with van der Waals surface area (Å²) >= 11 is 0. The monoisotopic (exact) mass is 257 g/mol. The highest BCUT2D eigenvalue weighted by atomic mass is 16.1. The summed E-state index contributed by atoms with van der Waals surface area (Å²) in [6, 6.07) is 7.75. The third-order valence-electron chi connectivity index (χ3n) is 3.22. The number of ketones is 1. The van der Waals surface area contributed by atoms with Gasteiger partial charge in [-0.05, 0) is 38.5 Å². The summed E-state index contributed by atoms with van der Waals surface area (Å²) in [5.41, 5.74) is 2.17. The normalized spacial score (nSPS) is 12.4. The number of carbonyl (C=O) groups is 1. The first kappa shape index (κ1) is 13.5. The van der Waals surface area contributed by atoms with Crippen molar-refractivity contribution in [3.8, 4) is 0 Å². The van der Waals surface area contributed by atoms with Gasteiger partial charge in [-0.2, -0.15) is 5.10 Å². The molecule has 0 amide bonds. The first-order valence-corrected chi connectivity index (χ1v) is 6.61. The molecule has 2 aromatic heterocycles. The van der Waals surface area contributed by atoms with Crippen molar-refractivity contribution in [2.45, 2.75) is 39.7 Å². The molecule has 0 aliphatic heterocycles. The zero-order valence-electron chi connectivity index (χ0n) is 11.6. The highest BCUT2D eigenvalue weighted by Crippen LogP contribution is 2.11. The molecule has 0 bridgehead atoms. The average Bonchev–Trinajstić information content (AvgIpc) is 2.86. The Balaban J connectivity index is 2.09. The molecule has 0 spiro atoms. The van der Waals surface area contributed by atoms with Gasteiger partial charge in [0.25, 0.3) is 0 Å². The molecule has 19 heavy (non-hydrogen) atoms. The predicted octanol–water partition coefficient (Wildman–Crippen LogP) is 2.98. The van der Waals surface area contributed by atoms with E-state index >= 15 is 0 Å². The quantitative estimate of drug-likeness (QED) is 0.774. The molecule has 1 atom stereocenters. The van der Waals surface area contributed by atoms with Crippen molar-refractivity contribution in [2.24, 2.45) is 0 Å². The van der Waals surface area contributed by atoms with E-state index in [0.717, 1.165) is 17.8 Å². The van der Waals surface area contributed by atoms with Gasteiger partial charge in [0.1, 0.15) is 5.69 Å². The number of hydrogen-bond acceptors (Lipinski definition) is 3. The molecule has 0 saturated carbocycles. The van der Waals surface area contributed by atoms with Crippen LogP contribution in [0, 0.1) is 6.92 Å². The van der Waals surface area contributed by atoms with Crippen LogP contribution in [0.25, 0.3) is 0 Å². The summed E-state index contributed by atoms with van der Waals surface area (Å²) < 4.78 is 1.91. The summed E-state index contributed by atoms with van der Waals surface area (Å²) in [6.07, 6.45) is 3.26. The molecule has 0 fully saturated rings. The Hall–Kier alpha value is -1.97. The number of aromatic nitrogens is 3. The second kappa shape index (κ2) is 5.78. The molecule has 0 N–H and O–H groups in total. The summed E-state index contributed by atoms with van der Waals surface area (Å²) in [5.74, 6) is 0.0121. The fourth-order valence-corrected chi connectivity index (χ4v) is 1.86. The van der Waals surface area contributed by atoms with E-state index in [4.69, 9.17) is 0 Å². The molecule has 0 aliphatic carbocycles. The molecule has 0 aromatic carbocycles. The molecule has 2 heterocycles. The molecule has 2 rings (SSSR count). The number of pyridine rings is 1. The van der Waals surface area contributed by atoms with Crippen LogP contribution in [0.4, 0.5) is 0 Å². The van der Waals surface area contributed by atoms with Crippen LogP contribution in [0.5, 0.6) is 0 Å². The van der Waals surface area contributed by atoms with Gasteiger partial charge in [0, 0.05) is 17.9 Å². The van der Waals surface area contributed by atoms with E-state index in [1.165, 1.54) is 0 Å². The molecule has 0 saturated heterocycles. The zero-order valence-corrected chi connectivity index (χ0v) is 11.6. The summed E-state index contributed by atoms with van der Waals surface area (Å²) in [5, 5.41) is 4.44. The second-order valence-corrected chi connectivity index (χ2v) is 4.81. The van der Waals surface area contributed by atoms with E-state index in [2.05, 4.69) is 23.9 Å². The first-order chi connectivity index (χ1) is 9.10. The van der Waals surface area contributed by atoms with Crippen molar-refractivity contribution in [1.82, 2.24) is 14.8 Å². The van der Waals surface area contributed by atoms with E-state index in [0.29, 0.717) is 18.2 Å². The predicted molar refractivity (Wildman–Crippen MR) is 74.2 cm³/mol. The van der Waals surface area contributed by atoms with Gasteiger partial charge in [0.2, 0.25) is 0 Å². The van der Waals surface area contributed by atoms with E-state index in [1.54, 1.807) is 6.07 Å². The maximum absolute atomic E-state index is 12.1. The van der Waals surface area contributed by atoms with Gasteiger partial charge in [-0.15, -0.1) is 0 Å². The minimum absolute atomic E-state index is 0.0121. The molecule has 0 aliphatic rings. The SMILES string of the molecule is CCC(C)n1ccc(CC(=O)c2cccc(C)n2)n1. The third-order valence-corrected chi connectivity index (χ3v) is 3.22. The van der Waals surface area contributed by atoms with Crippen molar-refractivity contribution >= 4 is 5.78 Å². The maximum atomic E-state index is 12.1. The van der Waals surface area contributed by atoms with E-state index in [-0.39, 0.29) is 5.78 Å². The first-order valence-electron chi connectivity index (χ1n) is 6.61. The Bertz CT molecular complexity index is 574. The Morgan fingerprint density at radius 1 is 1.37 bits per heavy atom. The van der Waals surface area contributed by atoms with Crippen LogP contribution in [-0.4, -0.2) is 20.5 Å². The van der Waals surface area contributed by atoms with Crippen molar-refractivity contribution in [3.05, 3.63) is 47.5 Å². The van der Waals surface area contributed by atoms with Gasteiger partial charge in [-0.1, -0.05) is 13.0 Å². The van der Waals surface area contributed by atoms with Crippen molar-refractivity contribution in [2.75, 3.05) is 0 Å². The van der Waals surface area contributed by atoms with Gasteiger partial charge in [0.15, 0.2) is 5.78 Å². The summed E-state index contributed by atoms with van der Waals surface area (Å²) in [4.78, 5) is 16.3. The number of nitrogens with zero attached hydrogens (tertiary/aromatic N) is 3. The van der Waals surface area contributed by atoms with Crippen LogP contribution in [-0.2, 0) is 6.42 Å². The largest absolute Gasteiger partial charge is 0.292 e. The Morgan fingerprint density at radius 2 is 2.16 bits per heavy atom. The highest BCUT2D eigenvalue weighted by molar-refractivity contribution is 5.95. The summed E-state index contributed by atoms with van der Waals surface area (Å²) in [7, 11) is 0. The van der Waals surface area contributed by atoms with Gasteiger partial charge < -0.3 is 0 Å². The lowest BCUT2D eigenvalue weighted by molar-refractivity contribution is 0.0986. The van der Waals surface area contributed by atoms with Crippen LogP contribution >= 0.6 is 0 Å². The molecule has 0 radical (unpaired) electrons. The number of hydrogen-bond donors (Lipinski definition) is 0. The highest BCUT2D eigenvalue weighted by Gasteiger charge is 2.11. The fourth-order valence-electron chi connectivity index (χ4n) is 1.86. The van der Waals surface area contributed by atoms with Crippen LogP contribution in [0.15, 0.2) is 30.5 Å². The van der Waals surface area contributed by atoms with Crippen LogP contribution in [0.2, 0.25) is 0 Å². The second-order valence-electron chi connectivity index (χ2n) is 4.81. The van der Waals surface area contributed by atoms with Crippen LogP contribution in [0.1, 0.15) is 48.2 Å². The van der Waals surface area contributed by atoms with E-state index in [9.17, 15) is 4.79 Å². The fraction of sp³-hybridized carbons (Fsp3) is 0.400. The molecular weight excluding hydrogens is 238 g/mol. The van der Waals surface area contributed by atoms with Gasteiger partial charge in [-0.25, -0.2) is 0 Å². The number of carbonyl (C=O) groups excluding carboxylic acids is 1. The zero-order chi connectivity index (χ0) is 13.8. The van der Waals surface area contributed by atoms with Crippen molar-refractivity contribution in [1.29, 1.82) is 0 Å². The average molecular weight is 257 g/mol. The van der Waals surface area contributed by atoms with Gasteiger partial charge >= 0.3 is 0 Å². The topological polar surface area (TPSA) is 47.8 Å². The Kier molecular flexibility index (Phi) is 4.10. The van der Waals surface area contributed by atoms with Crippen molar-refractivity contribution in [3.63, 3.8) is 0 Å². The molecule has 4 heteroatoms. The smallest absolute Gasteiger partial charge is 0.187 e. The minimum Gasteiger partial charge on any atom is -0.292 e. The Morgan fingerprint density at radius 3 is 2.84 bits per heavy atom. The standard InChI is InChI=1S/C15H19N3O/c1-4-12(3)18-9-8-13(17-18)10-15(19)14-7-5-6-11(2)16-14/h5-9,12H,4,10H2,1-3H3. The van der Waals surface area contributed by atoms with Crippen LogP contribution < -0.4 is 0 Å². The number of rotatable bonds is 5. The van der Waals surface area contributed by atoms with Crippen molar-refractivity contribution < 1.29 is 4.79 Å². The maximum Gasteiger partial charge on any atom is 0.187 e. The summed E-state index contributed by atoms with van der Waals surface area (Å²) in [6.45, 7) is 6.11. The number of aryl methyl sites for hydroxylation is 1. The van der Waals surface area contributed by atoms with Crippen LogP contribution in [0.3, 0.4) is 0 Å². The van der Waals surface area contributed by atoms with E-state index < -0.39 is 0 Å². The lowest BCUT2D eigenvalue weighted by atomic mass is 10.1. The van der Waals surface area contributed by atoms with Gasteiger partial charge in [-0.3, -0.25) is 14.5 Å².